The third-order valence-electron chi connectivity index (χ3n) is 3.97. The molecule has 21 heavy (non-hydrogen) atoms. The second kappa shape index (κ2) is 10.3. The maximum Gasteiger partial charge on any atom is 0.122 e. The van der Waals surface area contributed by atoms with Crippen LogP contribution in [-0.4, -0.2) is 19.4 Å². The van der Waals surface area contributed by atoms with Gasteiger partial charge in [-0.05, 0) is 30.7 Å². The summed E-state index contributed by atoms with van der Waals surface area (Å²) in [5, 5.41) is 7.39. The van der Waals surface area contributed by atoms with E-state index in [0.29, 0.717) is 0 Å². The van der Waals surface area contributed by atoms with Crippen molar-refractivity contribution in [2.75, 3.05) is 18.5 Å². The Balaban J connectivity index is 2.15. The van der Waals surface area contributed by atoms with E-state index in [1.807, 2.05) is 24.3 Å². The number of nitrogens with one attached hydrogen (secondary N) is 1. The minimum Gasteiger partial charge on any atom is -0.384 e. The first-order valence-corrected chi connectivity index (χ1v) is 8.30. The van der Waals surface area contributed by atoms with Crippen LogP contribution in [0.2, 0.25) is 0 Å². The monoisotopic (exact) mass is 289 g/mol. The molecular formula is C18H31N3. The molecule has 0 saturated carbocycles. The third-order valence-corrected chi connectivity index (χ3v) is 3.97. The molecule has 3 heteroatoms. The molecule has 0 aliphatic heterocycles. The maximum atomic E-state index is 7.39. The van der Waals surface area contributed by atoms with E-state index in [2.05, 4.69) is 18.9 Å². The minimum atomic E-state index is 0.132. The number of hydrogen-bond donors (Lipinski definition) is 2. The van der Waals surface area contributed by atoms with Crippen molar-refractivity contribution in [3.63, 3.8) is 0 Å². The number of amidine groups is 1. The molecule has 0 aliphatic carbocycles. The minimum absolute atomic E-state index is 0.132. The molecular weight excluding hydrogens is 258 g/mol. The van der Waals surface area contributed by atoms with Gasteiger partial charge in [-0.15, -0.1) is 0 Å². The van der Waals surface area contributed by atoms with Crippen LogP contribution in [0.25, 0.3) is 0 Å². The Kier molecular flexibility index (Phi) is 8.56. The van der Waals surface area contributed by atoms with E-state index in [-0.39, 0.29) is 5.84 Å². The Hall–Kier alpha value is -1.51. The van der Waals surface area contributed by atoms with Crippen LogP contribution in [0, 0.1) is 5.41 Å². The molecule has 0 atom stereocenters. The molecule has 0 radical (unpaired) electrons. The van der Waals surface area contributed by atoms with Crippen LogP contribution in [0.4, 0.5) is 5.69 Å². The average Bonchev–Trinajstić information content (AvgIpc) is 2.49. The van der Waals surface area contributed by atoms with Crippen molar-refractivity contribution in [3.8, 4) is 0 Å². The van der Waals surface area contributed by atoms with Crippen molar-refractivity contribution in [1.29, 1.82) is 5.41 Å². The fourth-order valence-corrected chi connectivity index (χ4v) is 2.51. The number of hydrogen-bond acceptors (Lipinski definition) is 2. The summed E-state index contributed by atoms with van der Waals surface area (Å²) in [6.07, 6.45) is 10.8. The van der Waals surface area contributed by atoms with Gasteiger partial charge in [0.2, 0.25) is 0 Å². The number of nitrogens with two attached hydrogens (primary N) is 1. The fourth-order valence-electron chi connectivity index (χ4n) is 2.51. The molecule has 0 aliphatic rings. The van der Waals surface area contributed by atoms with E-state index in [0.717, 1.165) is 12.1 Å². The van der Waals surface area contributed by atoms with E-state index in [4.69, 9.17) is 11.1 Å². The van der Waals surface area contributed by atoms with Crippen LogP contribution in [0.15, 0.2) is 24.3 Å². The number of anilines is 1. The van der Waals surface area contributed by atoms with Gasteiger partial charge in [-0.25, -0.2) is 0 Å². The molecule has 3 N–H and O–H groups in total. The lowest BCUT2D eigenvalue weighted by Gasteiger charge is -2.19. The third kappa shape index (κ3) is 7.16. The second-order valence-corrected chi connectivity index (χ2v) is 5.86. The Bertz CT molecular complexity index is 397. The van der Waals surface area contributed by atoms with Crippen LogP contribution in [0.3, 0.4) is 0 Å². The fraction of sp³-hybridized carbons (Fsp3) is 0.611. The smallest absolute Gasteiger partial charge is 0.122 e. The number of unbranched alkanes of at least 4 members (excludes halogenated alkanes) is 7. The molecule has 118 valence electrons. The van der Waals surface area contributed by atoms with Crippen molar-refractivity contribution in [2.45, 2.75) is 58.3 Å². The lowest BCUT2D eigenvalue weighted by molar-refractivity contribution is 0.575. The molecule has 0 aromatic heterocycles. The summed E-state index contributed by atoms with van der Waals surface area (Å²) >= 11 is 0. The van der Waals surface area contributed by atoms with Crippen LogP contribution in [0.5, 0.6) is 0 Å². The van der Waals surface area contributed by atoms with Gasteiger partial charge in [0.25, 0.3) is 0 Å². The highest BCUT2D eigenvalue weighted by molar-refractivity contribution is 5.95. The first kappa shape index (κ1) is 17.5. The molecule has 0 fully saturated rings. The van der Waals surface area contributed by atoms with Gasteiger partial charge in [-0.1, -0.05) is 51.9 Å². The van der Waals surface area contributed by atoms with Gasteiger partial charge in [-0.3, -0.25) is 5.41 Å². The standard InChI is InChI=1S/C18H31N3/c1-3-4-5-6-7-8-9-10-15-21(2)17-13-11-16(12-14-17)18(19)20/h11-14H,3-10,15H2,1-2H3,(H3,19,20). The van der Waals surface area contributed by atoms with Crippen molar-refractivity contribution in [1.82, 2.24) is 0 Å². The average molecular weight is 289 g/mol. The molecule has 1 rings (SSSR count). The Morgan fingerprint density at radius 1 is 0.952 bits per heavy atom. The quantitative estimate of drug-likeness (QED) is 0.357. The van der Waals surface area contributed by atoms with Crippen molar-refractivity contribution in [3.05, 3.63) is 29.8 Å². The first-order valence-electron chi connectivity index (χ1n) is 8.30. The zero-order chi connectivity index (χ0) is 15.5. The van der Waals surface area contributed by atoms with E-state index >= 15 is 0 Å². The highest BCUT2D eigenvalue weighted by Crippen LogP contribution is 2.15. The first-order chi connectivity index (χ1) is 10.1. The van der Waals surface area contributed by atoms with Crippen LogP contribution >= 0.6 is 0 Å². The lowest BCUT2D eigenvalue weighted by atomic mass is 10.1. The molecule has 0 amide bonds. The summed E-state index contributed by atoms with van der Waals surface area (Å²) in [4.78, 5) is 2.28. The van der Waals surface area contributed by atoms with E-state index in [9.17, 15) is 0 Å². The van der Waals surface area contributed by atoms with Crippen molar-refractivity contribution in [2.24, 2.45) is 5.73 Å². The molecule has 0 bridgehead atoms. The van der Waals surface area contributed by atoms with Crippen molar-refractivity contribution >= 4 is 11.5 Å². The highest BCUT2D eigenvalue weighted by Gasteiger charge is 2.02. The maximum absolute atomic E-state index is 7.39. The molecule has 3 nitrogen and oxygen atoms in total. The summed E-state index contributed by atoms with van der Waals surface area (Å²) in [7, 11) is 2.13. The van der Waals surface area contributed by atoms with Gasteiger partial charge in [0.15, 0.2) is 0 Å². The van der Waals surface area contributed by atoms with E-state index < -0.39 is 0 Å². The molecule has 1 aromatic carbocycles. The van der Waals surface area contributed by atoms with Gasteiger partial charge in [0, 0.05) is 24.8 Å². The molecule has 0 heterocycles. The van der Waals surface area contributed by atoms with Gasteiger partial charge >= 0.3 is 0 Å². The largest absolute Gasteiger partial charge is 0.384 e. The number of nitrogen functional groups attached to an aromatic ring is 1. The molecule has 0 unspecified atom stereocenters. The Morgan fingerprint density at radius 2 is 1.48 bits per heavy atom. The van der Waals surface area contributed by atoms with Gasteiger partial charge < -0.3 is 10.6 Å². The zero-order valence-corrected chi connectivity index (χ0v) is 13.7. The van der Waals surface area contributed by atoms with Crippen LogP contribution < -0.4 is 10.6 Å². The zero-order valence-electron chi connectivity index (χ0n) is 13.7. The lowest BCUT2D eigenvalue weighted by Crippen LogP contribution is -2.18. The summed E-state index contributed by atoms with van der Waals surface area (Å²) in [6.45, 7) is 3.35. The summed E-state index contributed by atoms with van der Waals surface area (Å²) in [6, 6.07) is 7.92. The highest BCUT2D eigenvalue weighted by atomic mass is 15.1. The summed E-state index contributed by atoms with van der Waals surface area (Å²) in [5.74, 6) is 0.132. The van der Waals surface area contributed by atoms with Crippen LogP contribution in [-0.2, 0) is 0 Å². The predicted octanol–water partition coefficient (Wildman–Crippen LogP) is 4.55. The van der Waals surface area contributed by atoms with E-state index in [1.165, 1.54) is 57.1 Å². The van der Waals surface area contributed by atoms with Gasteiger partial charge in [-0.2, -0.15) is 0 Å². The van der Waals surface area contributed by atoms with Crippen molar-refractivity contribution < 1.29 is 0 Å². The second-order valence-electron chi connectivity index (χ2n) is 5.86. The predicted molar refractivity (Wildman–Crippen MR) is 93.3 cm³/mol. The number of nitrogens with zero attached hydrogens (tertiary/aromatic N) is 1. The molecule has 0 spiro atoms. The van der Waals surface area contributed by atoms with Gasteiger partial charge in [0.1, 0.15) is 5.84 Å². The SMILES string of the molecule is CCCCCCCCCCN(C)c1ccc(C(=N)N)cc1. The normalized spacial score (nSPS) is 10.6. The molecule has 1 aromatic rings. The summed E-state index contributed by atoms with van der Waals surface area (Å²) in [5.41, 5.74) is 7.45. The number of benzene rings is 1. The topological polar surface area (TPSA) is 53.1 Å². The molecule has 0 saturated heterocycles. The Labute approximate surface area is 130 Å². The Morgan fingerprint density at radius 3 is 2.00 bits per heavy atom. The van der Waals surface area contributed by atoms with Gasteiger partial charge in [0.05, 0.1) is 0 Å². The van der Waals surface area contributed by atoms with Crippen LogP contribution in [0.1, 0.15) is 63.9 Å². The number of rotatable bonds is 11. The van der Waals surface area contributed by atoms with E-state index in [1.54, 1.807) is 0 Å². The summed E-state index contributed by atoms with van der Waals surface area (Å²) < 4.78 is 0.